The van der Waals surface area contributed by atoms with Crippen molar-refractivity contribution in [1.29, 1.82) is 0 Å². The summed E-state index contributed by atoms with van der Waals surface area (Å²) in [6.07, 6.45) is 0. The average molecular weight is 467 g/mol. The highest BCUT2D eigenvalue weighted by atomic mass is 79.9. The Bertz CT molecular complexity index is 813. The third-order valence-corrected chi connectivity index (χ3v) is 5.35. The molecule has 1 fully saturated rings. The fourth-order valence-corrected chi connectivity index (χ4v) is 3.64. The molecule has 0 spiro atoms. The highest BCUT2D eigenvalue weighted by Crippen LogP contribution is 2.26. The lowest BCUT2D eigenvalue weighted by atomic mass is 10.0. The largest absolute Gasteiger partial charge is 0.497 e. The van der Waals surface area contributed by atoms with E-state index in [0.29, 0.717) is 30.0 Å². The van der Waals surface area contributed by atoms with Crippen LogP contribution in [0.25, 0.3) is 0 Å². The van der Waals surface area contributed by atoms with E-state index in [1.807, 2.05) is 24.3 Å². The Hall–Kier alpha value is -2.16. The monoisotopic (exact) mass is 466 g/mol. The summed E-state index contributed by atoms with van der Waals surface area (Å²) < 4.78 is 29.8. The molecule has 156 valence electrons. The Morgan fingerprint density at radius 1 is 1.24 bits per heavy atom. The lowest BCUT2D eigenvalue weighted by Gasteiger charge is -2.35. The van der Waals surface area contributed by atoms with Crippen LogP contribution >= 0.6 is 15.9 Å². The molecule has 0 unspecified atom stereocenters. The van der Waals surface area contributed by atoms with Gasteiger partial charge in [0.2, 0.25) is 0 Å². The number of halogens is 2. The van der Waals surface area contributed by atoms with Gasteiger partial charge >= 0.3 is 0 Å². The Balaban J connectivity index is 1.60. The predicted octanol–water partition coefficient (Wildman–Crippen LogP) is 3.17. The number of carbonyl (C=O) groups excluding carboxylic acids is 1. The molecule has 2 aromatic rings. The van der Waals surface area contributed by atoms with E-state index in [2.05, 4.69) is 26.1 Å². The average Bonchev–Trinajstić information content (AvgIpc) is 2.74. The van der Waals surface area contributed by atoms with Crippen LogP contribution in [0.3, 0.4) is 0 Å². The first-order valence-corrected chi connectivity index (χ1v) is 10.2. The molecule has 2 aromatic carbocycles. The first kappa shape index (κ1) is 21.5. The molecule has 0 saturated carbocycles. The van der Waals surface area contributed by atoms with Crippen LogP contribution in [-0.4, -0.2) is 57.4 Å². The van der Waals surface area contributed by atoms with E-state index in [9.17, 15) is 9.18 Å². The van der Waals surface area contributed by atoms with Crippen LogP contribution in [0.2, 0.25) is 0 Å². The highest BCUT2D eigenvalue weighted by molar-refractivity contribution is 9.10. The number of ether oxygens (including phenoxy) is 3. The molecule has 1 heterocycles. The molecule has 1 aliphatic heterocycles. The standard InChI is InChI=1S/C21H24BrFN2O4/c1-27-17-5-2-15(3-6-17)19(25-8-10-28-11-9-25)13-24-21(26)14-29-20-7-4-16(23)12-18(20)22/h2-7,12,19H,8-11,13-14H2,1H3,(H,24,26)/t19-/m1/s1. The quantitative estimate of drug-likeness (QED) is 0.647. The maximum Gasteiger partial charge on any atom is 0.258 e. The van der Waals surface area contributed by atoms with Gasteiger partial charge in [-0.25, -0.2) is 4.39 Å². The minimum Gasteiger partial charge on any atom is -0.497 e. The molecule has 0 aromatic heterocycles. The Kier molecular flexibility index (Phi) is 7.85. The highest BCUT2D eigenvalue weighted by Gasteiger charge is 2.23. The smallest absolute Gasteiger partial charge is 0.258 e. The van der Waals surface area contributed by atoms with Crippen molar-refractivity contribution in [1.82, 2.24) is 10.2 Å². The van der Waals surface area contributed by atoms with Gasteiger partial charge in [-0.3, -0.25) is 9.69 Å². The van der Waals surface area contributed by atoms with Crippen molar-refractivity contribution in [3.05, 3.63) is 58.3 Å². The van der Waals surface area contributed by atoms with E-state index in [4.69, 9.17) is 14.2 Å². The lowest BCUT2D eigenvalue weighted by Crippen LogP contribution is -2.44. The second-order valence-corrected chi connectivity index (χ2v) is 7.46. The van der Waals surface area contributed by atoms with Crippen molar-refractivity contribution < 1.29 is 23.4 Å². The van der Waals surface area contributed by atoms with Gasteiger partial charge < -0.3 is 19.5 Å². The fourth-order valence-electron chi connectivity index (χ4n) is 3.17. The number of benzene rings is 2. The number of rotatable bonds is 8. The summed E-state index contributed by atoms with van der Waals surface area (Å²) in [7, 11) is 1.63. The summed E-state index contributed by atoms with van der Waals surface area (Å²) in [5.74, 6) is 0.590. The summed E-state index contributed by atoms with van der Waals surface area (Å²) in [5.41, 5.74) is 1.09. The number of amides is 1. The molecule has 8 heteroatoms. The van der Waals surface area contributed by atoms with Crippen molar-refractivity contribution in [3.63, 3.8) is 0 Å². The van der Waals surface area contributed by atoms with Crippen molar-refractivity contribution in [2.75, 3.05) is 46.6 Å². The molecule has 1 N–H and O–H groups in total. The molecule has 1 atom stereocenters. The molecule has 0 bridgehead atoms. The van der Waals surface area contributed by atoms with Crippen LogP contribution in [0.1, 0.15) is 11.6 Å². The van der Waals surface area contributed by atoms with Crippen LogP contribution < -0.4 is 14.8 Å². The molecule has 1 amide bonds. The molecule has 0 radical (unpaired) electrons. The third kappa shape index (κ3) is 6.16. The van der Waals surface area contributed by atoms with Gasteiger partial charge in [-0.1, -0.05) is 12.1 Å². The first-order chi connectivity index (χ1) is 14.1. The maximum atomic E-state index is 13.2. The summed E-state index contributed by atoms with van der Waals surface area (Å²) >= 11 is 3.23. The first-order valence-electron chi connectivity index (χ1n) is 9.37. The lowest BCUT2D eigenvalue weighted by molar-refractivity contribution is -0.123. The van der Waals surface area contributed by atoms with Gasteiger partial charge in [0, 0.05) is 19.6 Å². The number of hydrogen-bond acceptors (Lipinski definition) is 5. The Morgan fingerprint density at radius 3 is 2.62 bits per heavy atom. The van der Waals surface area contributed by atoms with Gasteiger partial charge in [-0.15, -0.1) is 0 Å². The summed E-state index contributed by atoms with van der Waals surface area (Å²) in [5, 5.41) is 2.94. The van der Waals surface area contributed by atoms with Crippen LogP contribution in [-0.2, 0) is 9.53 Å². The Labute approximate surface area is 178 Å². The molecule has 0 aliphatic carbocycles. The molecule has 1 aliphatic rings. The van der Waals surface area contributed by atoms with Gasteiger partial charge in [-0.05, 0) is 51.8 Å². The Morgan fingerprint density at radius 2 is 1.97 bits per heavy atom. The van der Waals surface area contributed by atoms with Crippen molar-refractivity contribution in [2.24, 2.45) is 0 Å². The molecule has 6 nitrogen and oxygen atoms in total. The van der Waals surface area contributed by atoms with Crippen LogP contribution in [0, 0.1) is 5.82 Å². The SMILES string of the molecule is COc1ccc([C@@H](CNC(=O)COc2ccc(F)cc2Br)N2CCOCC2)cc1. The van der Waals surface area contributed by atoms with Crippen molar-refractivity contribution in [2.45, 2.75) is 6.04 Å². The molecule has 3 rings (SSSR count). The van der Waals surface area contributed by atoms with Crippen LogP contribution in [0.4, 0.5) is 4.39 Å². The number of morpholine rings is 1. The zero-order valence-corrected chi connectivity index (χ0v) is 17.8. The number of nitrogens with one attached hydrogen (secondary N) is 1. The van der Waals surface area contributed by atoms with E-state index >= 15 is 0 Å². The minimum absolute atomic E-state index is 0.0197. The topological polar surface area (TPSA) is 60.0 Å². The second-order valence-electron chi connectivity index (χ2n) is 6.60. The molecular weight excluding hydrogens is 443 g/mol. The number of hydrogen-bond donors (Lipinski definition) is 1. The predicted molar refractivity (Wildman–Crippen MR) is 111 cm³/mol. The van der Waals surface area contributed by atoms with Crippen molar-refractivity contribution >= 4 is 21.8 Å². The van der Waals surface area contributed by atoms with E-state index in [-0.39, 0.29) is 24.4 Å². The van der Waals surface area contributed by atoms with Crippen LogP contribution in [0.15, 0.2) is 46.9 Å². The number of nitrogens with zero attached hydrogens (tertiary/aromatic N) is 1. The zero-order chi connectivity index (χ0) is 20.6. The summed E-state index contributed by atoms with van der Waals surface area (Å²) in [4.78, 5) is 14.6. The number of methoxy groups -OCH3 is 1. The van der Waals surface area contributed by atoms with E-state index in [1.165, 1.54) is 18.2 Å². The zero-order valence-electron chi connectivity index (χ0n) is 16.2. The third-order valence-electron chi connectivity index (χ3n) is 4.73. The van der Waals surface area contributed by atoms with Gasteiger partial charge in [-0.2, -0.15) is 0 Å². The minimum atomic E-state index is -0.374. The summed E-state index contributed by atoms with van der Waals surface area (Å²) in [6, 6.07) is 11.9. The maximum absolute atomic E-state index is 13.2. The van der Waals surface area contributed by atoms with Gasteiger partial charge in [0.25, 0.3) is 5.91 Å². The fraction of sp³-hybridized carbons (Fsp3) is 0.381. The summed E-state index contributed by atoms with van der Waals surface area (Å²) in [6.45, 7) is 3.23. The second kappa shape index (κ2) is 10.6. The van der Waals surface area contributed by atoms with Crippen LogP contribution in [0.5, 0.6) is 11.5 Å². The molecule has 1 saturated heterocycles. The van der Waals surface area contributed by atoms with E-state index < -0.39 is 0 Å². The normalized spacial score (nSPS) is 15.6. The number of carbonyl (C=O) groups is 1. The molecule has 29 heavy (non-hydrogen) atoms. The van der Waals surface area contributed by atoms with Crippen molar-refractivity contribution in [3.8, 4) is 11.5 Å². The van der Waals surface area contributed by atoms with E-state index in [0.717, 1.165) is 24.4 Å². The molecular formula is C21H24BrFN2O4. The van der Waals surface area contributed by atoms with Gasteiger partial charge in [0.15, 0.2) is 6.61 Å². The van der Waals surface area contributed by atoms with Gasteiger partial charge in [0.1, 0.15) is 17.3 Å². The van der Waals surface area contributed by atoms with E-state index in [1.54, 1.807) is 7.11 Å². The van der Waals surface area contributed by atoms with Gasteiger partial charge in [0.05, 0.1) is 30.8 Å².